The van der Waals surface area contributed by atoms with Crippen LogP contribution in [0.4, 0.5) is 4.79 Å². The van der Waals surface area contributed by atoms with Crippen molar-refractivity contribution in [2.24, 2.45) is 5.73 Å². The lowest BCUT2D eigenvalue weighted by Gasteiger charge is -2.24. The number of nitrogens with zero attached hydrogens (tertiary/aromatic N) is 1. The van der Waals surface area contributed by atoms with Gasteiger partial charge in [0.05, 0.1) is 19.3 Å². The van der Waals surface area contributed by atoms with Crippen molar-refractivity contribution in [1.29, 1.82) is 0 Å². The molecule has 66 valence electrons. The van der Waals surface area contributed by atoms with E-state index in [1.807, 2.05) is 0 Å². The molecule has 1 unspecified atom stereocenters. The average molecular weight is 162 g/mol. The molecule has 0 saturated carbocycles. The highest BCUT2D eigenvalue weighted by atomic mass is 16.3. The molecule has 0 saturated heterocycles. The van der Waals surface area contributed by atoms with Crippen LogP contribution in [0.5, 0.6) is 0 Å². The van der Waals surface area contributed by atoms with E-state index in [2.05, 4.69) is 0 Å². The number of aliphatic hydroxyl groups excluding tert-OH is 2. The number of primary amides is 1. The van der Waals surface area contributed by atoms with Gasteiger partial charge < -0.3 is 20.8 Å². The van der Waals surface area contributed by atoms with E-state index in [9.17, 15) is 4.79 Å². The van der Waals surface area contributed by atoms with Gasteiger partial charge in [-0.15, -0.1) is 0 Å². The molecule has 0 radical (unpaired) electrons. The Hall–Kier alpha value is -0.810. The minimum Gasteiger partial charge on any atom is -0.395 e. The number of carbonyl (C=O) groups is 1. The van der Waals surface area contributed by atoms with Crippen molar-refractivity contribution in [3.63, 3.8) is 0 Å². The Balaban J connectivity index is 3.97. The van der Waals surface area contributed by atoms with Crippen molar-refractivity contribution in [2.75, 3.05) is 19.8 Å². The monoisotopic (exact) mass is 162 g/mol. The molecule has 0 rings (SSSR count). The van der Waals surface area contributed by atoms with E-state index in [-0.39, 0.29) is 25.8 Å². The summed E-state index contributed by atoms with van der Waals surface area (Å²) in [5, 5.41) is 17.1. The molecule has 2 amide bonds. The van der Waals surface area contributed by atoms with Gasteiger partial charge in [-0.3, -0.25) is 0 Å². The van der Waals surface area contributed by atoms with Crippen LogP contribution >= 0.6 is 0 Å². The average Bonchev–Trinajstić information content (AvgIpc) is 1.98. The Labute approximate surface area is 65.4 Å². The van der Waals surface area contributed by atoms with E-state index >= 15 is 0 Å². The normalized spacial score (nSPS) is 12.6. The van der Waals surface area contributed by atoms with Gasteiger partial charge in [0.1, 0.15) is 0 Å². The van der Waals surface area contributed by atoms with Gasteiger partial charge >= 0.3 is 6.03 Å². The van der Waals surface area contributed by atoms with Gasteiger partial charge in [0.15, 0.2) is 0 Å². The fourth-order valence-electron chi connectivity index (χ4n) is 0.754. The van der Waals surface area contributed by atoms with Crippen molar-refractivity contribution in [3.8, 4) is 0 Å². The zero-order chi connectivity index (χ0) is 8.85. The maximum absolute atomic E-state index is 10.6. The topological polar surface area (TPSA) is 86.8 Å². The number of aliphatic hydroxyl groups is 2. The van der Waals surface area contributed by atoms with Crippen LogP contribution in [0.25, 0.3) is 0 Å². The highest BCUT2D eigenvalue weighted by Gasteiger charge is 2.15. The lowest BCUT2D eigenvalue weighted by atomic mass is 10.3. The maximum Gasteiger partial charge on any atom is 0.315 e. The Bertz CT molecular complexity index is 129. The third-order valence-corrected chi connectivity index (χ3v) is 1.42. The van der Waals surface area contributed by atoms with Crippen LogP contribution < -0.4 is 5.73 Å². The largest absolute Gasteiger partial charge is 0.395 e. The standard InChI is InChI=1S/C6H14N2O3/c1-5(4-10)8(2-3-9)6(7)11/h5,9-10H,2-4H2,1H3,(H2,7,11). The number of carbonyl (C=O) groups excluding carboxylic acids is 1. The third kappa shape index (κ3) is 3.20. The van der Waals surface area contributed by atoms with Crippen LogP contribution in [0.2, 0.25) is 0 Å². The van der Waals surface area contributed by atoms with E-state index in [1.54, 1.807) is 6.92 Å². The van der Waals surface area contributed by atoms with Gasteiger partial charge in [0, 0.05) is 6.54 Å². The molecule has 11 heavy (non-hydrogen) atoms. The van der Waals surface area contributed by atoms with Crippen LogP contribution in [-0.4, -0.2) is 46.9 Å². The van der Waals surface area contributed by atoms with Gasteiger partial charge in [-0.1, -0.05) is 0 Å². The van der Waals surface area contributed by atoms with E-state index in [0.717, 1.165) is 0 Å². The SMILES string of the molecule is CC(CO)N(CCO)C(N)=O. The number of hydrogen-bond acceptors (Lipinski definition) is 3. The lowest BCUT2D eigenvalue weighted by molar-refractivity contribution is 0.129. The molecule has 0 aliphatic heterocycles. The van der Waals surface area contributed by atoms with Crippen LogP contribution in [0.1, 0.15) is 6.92 Å². The molecule has 0 aromatic rings. The molecule has 4 N–H and O–H groups in total. The fraction of sp³-hybridized carbons (Fsp3) is 0.833. The van der Waals surface area contributed by atoms with E-state index in [1.165, 1.54) is 4.90 Å². The first kappa shape index (κ1) is 10.2. The first-order valence-corrected chi connectivity index (χ1v) is 3.41. The van der Waals surface area contributed by atoms with Gasteiger partial charge in [-0.2, -0.15) is 0 Å². The highest BCUT2D eigenvalue weighted by Crippen LogP contribution is 1.96. The molecule has 0 aliphatic carbocycles. The lowest BCUT2D eigenvalue weighted by Crippen LogP contribution is -2.45. The van der Waals surface area contributed by atoms with Gasteiger partial charge in [-0.05, 0) is 6.92 Å². The first-order chi connectivity index (χ1) is 5.13. The second-order valence-corrected chi connectivity index (χ2v) is 2.29. The molecule has 0 bridgehead atoms. The number of hydrogen-bond donors (Lipinski definition) is 3. The van der Waals surface area contributed by atoms with Crippen molar-refractivity contribution in [2.45, 2.75) is 13.0 Å². The first-order valence-electron chi connectivity index (χ1n) is 3.41. The van der Waals surface area contributed by atoms with Crippen molar-refractivity contribution in [1.82, 2.24) is 4.90 Å². The summed E-state index contributed by atoms with van der Waals surface area (Å²) < 4.78 is 0. The Kier molecular flexibility index (Phi) is 4.56. The van der Waals surface area contributed by atoms with E-state index < -0.39 is 6.03 Å². The van der Waals surface area contributed by atoms with E-state index in [4.69, 9.17) is 15.9 Å². The zero-order valence-corrected chi connectivity index (χ0v) is 6.53. The van der Waals surface area contributed by atoms with Crippen LogP contribution in [0, 0.1) is 0 Å². The highest BCUT2D eigenvalue weighted by molar-refractivity contribution is 5.72. The summed E-state index contributed by atoms with van der Waals surface area (Å²) in [6.45, 7) is 1.52. The summed E-state index contributed by atoms with van der Waals surface area (Å²) in [6.07, 6.45) is 0. The second-order valence-electron chi connectivity index (χ2n) is 2.29. The molecule has 5 nitrogen and oxygen atoms in total. The summed E-state index contributed by atoms with van der Waals surface area (Å²) in [5.74, 6) is 0. The fourth-order valence-corrected chi connectivity index (χ4v) is 0.754. The minimum atomic E-state index is -0.624. The van der Waals surface area contributed by atoms with E-state index in [0.29, 0.717) is 0 Å². The summed E-state index contributed by atoms with van der Waals surface area (Å²) in [7, 11) is 0. The molecule has 0 heterocycles. The van der Waals surface area contributed by atoms with Gasteiger partial charge in [0.2, 0.25) is 0 Å². The maximum atomic E-state index is 10.6. The van der Waals surface area contributed by atoms with Crippen molar-refractivity contribution >= 4 is 6.03 Å². The van der Waals surface area contributed by atoms with Crippen molar-refractivity contribution < 1.29 is 15.0 Å². The number of urea groups is 1. The molecular weight excluding hydrogens is 148 g/mol. The Morgan fingerprint density at radius 3 is 2.45 bits per heavy atom. The summed E-state index contributed by atoms with van der Waals surface area (Å²) in [6, 6.07) is -0.958. The summed E-state index contributed by atoms with van der Waals surface area (Å²) in [5.41, 5.74) is 4.96. The summed E-state index contributed by atoms with van der Waals surface area (Å²) in [4.78, 5) is 11.8. The summed E-state index contributed by atoms with van der Waals surface area (Å²) >= 11 is 0. The number of rotatable bonds is 4. The second kappa shape index (κ2) is 4.92. The molecule has 0 spiro atoms. The Morgan fingerprint density at radius 1 is 1.64 bits per heavy atom. The molecule has 1 atom stereocenters. The number of amides is 2. The smallest absolute Gasteiger partial charge is 0.315 e. The minimum absolute atomic E-state index is 0.146. The molecule has 0 fully saturated rings. The molecular formula is C6H14N2O3. The van der Waals surface area contributed by atoms with Crippen LogP contribution in [0.15, 0.2) is 0 Å². The van der Waals surface area contributed by atoms with Crippen LogP contribution in [0.3, 0.4) is 0 Å². The molecule has 5 heteroatoms. The van der Waals surface area contributed by atoms with Gasteiger partial charge in [0.25, 0.3) is 0 Å². The van der Waals surface area contributed by atoms with Crippen LogP contribution in [-0.2, 0) is 0 Å². The number of nitrogens with two attached hydrogens (primary N) is 1. The predicted molar refractivity (Wildman–Crippen MR) is 39.9 cm³/mol. The molecule has 0 aliphatic rings. The Morgan fingerprint density at radius 2 is 2.18 bits per heavy atom. The quantitative estimate of drug-likeness (QED) is 0.482. The van der Waals surface area contributed by atoms with Gasteiger partial charge in [-0.25, -0.2) is 4.79 Å². The predicted octanol–water partition coefficient (Wildman–Crippen LogP) is -1.26. The third-order valence-electron chi connectivity index (χ3n) is 1.42. The molecule has 0 aromatic carbocycles. The van der Waals surface area contributed by atoms with Crippen molar-refractivity contribution in [3.05, 3.63) is 0 Å². The molecule has 0 aromatic heterocycles. The zero-order valence-electron chi connectivity index (χ0n) is 6.53.